The van der Waals surface area contributed by atoms with Crippen LogP contribution in [0.2, 0.25) is 0 Å². The maximum Gasteiger partial charge on any atom is 0.243 e. The molecule has 0 heterocycles. The molecule has 172 valence electrons. The van der Waals surface area contributed by atoms with Gasteiger partial charge in [0.1, 0.15) is 36.2 Å². The normalized spacial score (nSPS) is 10.2. The Morgan fingerprint density at radius 2 is 1.21 bits per heavy atom. The molecule has 0 unspecified atom stereocenters. The molecule has 4 rings (SSSR count). The van der Waals surface area contributed by atoms with Gasteiger partial charge in [-0.15, -0.1) is 0 Å². The molecule has 0 bridgehead atoms. The summed E-state index contributed by atoms with van der Waals surface area (Å²) in [5, 5.41) is 6.01. The minimum absolute atomic E-state index is 0.115. The summed E-state index contributed by atoms with van der Waals surface area (Å²) < 4.78 is 17.2. The fourth-order valence-electron chi connectivity index (χ4n) is 3.17. The van der Waals surface area contributed by atoms with Crippen molar-refractivity contribution < 1.29 is 19.0 Å². The lowest BCUT2D eigenvalue weighted by molar-refractivity contribution is -0.114. The first-order chi connectivity index (χ1) is 16.8. The molecule has 0 saturated heterocycles. The highest BCUT2D eigenvalue weighted by molar-refractivity contribution is 5.95. The molecule has 0 aliphatic heterocycles. The van der Waals surface area contributed by atoms with E-state index in [0.29, 0.717) is 24.7 Å². The Morgan fingerprint density at radius 1 is 0.618 bits per heavy atom. The number of benzene rings is 4. The predicted octanol–water partition coefficient (Wildman–Crippen LogP) is 5.99. The molecule has 0 spiro atoms. The monoisotopic (exact) mass is 454 g/mol. The van der Waals surface area contributed by atoms with Crippen molar-refractivity contribution in [3.05, 3.63) is 109 Å². The maximum absolute atomic E-state index is 12.5. The van der Waals surface area contributed by atoms with Gasteiger partial charge in [-0.2, -0.15) is 0 Å². The molecule has 6 nitrogen and oxygen atoms in total. The molecule has 4 aromatic carbocycles. The summed E-state index contributed by atoms with van der Waals surface area (Å²) >= 11 is 0. The number of rotatable bonds is 11. The van der Waals surface area contributed by atoms with Gasteiger partial charge < -0.3 is 24.8 Å². The van der Waals surface area contributed by atoms with Crippen LogP contribution in [0.5, 0.6) is 23.0 Å². The quantitative estimate of drug-likeness (QED) is 0.273. The van der Waals surface area contributed by atoms with E-state index in [1.165, 1.54) is 0 Å². The van der Waals surface area contributed by atoms with Crippen LogP contribution < -0.4 is 24.8 Å². The van der Waals surface area contributed by atoms with Gasteiger partial charge >= 0.3 is 0 Å². The van der Waals surface area contributed by atoms with Gasteiger partial charge in [0.25, 0.3) is 0 Å². The number of carbonyl (C=O) groups is 1. The maximum atomic E-state index is 12.5. The molecular formula is C28H26N2O4. The van der Waals surface area contributed by atoms with E-state index in [1.54, 1.807) is 6.07 Å². The molecule has 1 amide bonds. The third-order valence-corrected chi connectivity index (χ3v) is 4.80. The Morgan fingerprint density at radius 3 is 1.94 bits per heavy atom. The highest BCUT2D eigenvalue weighted by Crippen LogP contribution is 2.24. The minimum Gasteiger partial charge on any atom is -0.490 e. The Hall–Kier alpha value is -4.45. The van der Waals surface area contributed by atoms with Gasteiger partial charge in [-0.25, -0.2) is 0 Å². The van der Waals surface area contributed by atoms with E-state index in [-0.39, 0.29) is 12.5 Å². The number of anilines is 2. The Labute approximate surface area is 199 Å². The molecule has 0 aliphatic rings. The van der Waals surface area contributed by atoms with Gasteiger partial charge in [0.05, 0.1) is 12.2 Å². The van der Waals surface area contributed by atoms with Crippen LogP contribution in [-0.2, 0) is 4.79 Å². The summed E-state index contributed by atoms with van der Waals surface area (Å²) in [4.78, 5) is 12.5. The second-order valence-corrected chi connectivity index (χ2v) is 7.35. The van der Waals surface area contributed by atoms with Crippen molar-refractivity contribution in [2.45, 2.75) is 0 Å². The molecule has 34 heavy (non-hydrogen) atoms. The minimum atomic E-state index is -0.179. The molecule has 0 atom stereocenters. The van der Waals surface area contributed by atoms with E-state index < -0.39 is 0 Å². The summed E-state index contributed by atoms with van der Waals surface area (Å²) in [6, 6.07) is 33.9. The molecule has 0 aromatic heterocycles. The molecular weight excluding hydrogens is 428 g/mol. The van der Waals surface area contributed by atoms with Crippen LogP contribution in [0.15, 0.2) is 109 Å². The SMILES string of the molecule is O=C(CNc1ccc(Oc2ccccc2)cc1)Nc1ccccc1OCCOc1ccccc1. The fraction of sp³-hybridized carbons (Fsp3) is 0.107. The number of carbonyl (C=O) groups excluding carboxylic acids is 1. The van der Waals surface area contributed by atoms with Crippen molar-refractivity contribution in [2.24, 2.45) is 0 Å². The standard InChI is InChI=1S/C28H26N2O4/c31-28(21-29-22-15-17-25(18-16-22)34-24-11-5-2-6-12-24)30-26-13-7-8-14-27(26)33-20-19-32-23-9-3-1-4-10-23/h1-18,29H,19-21H2,(H,30,31). The molecule has 6 heteroatoms. The number of hydrogen-bond donors (Lipinski definition) is 2. The lowest BCUT2D eigenvalue weighted by atomic mass is 10.2. The summed E-state index contributed by atoms with van der Waals surface area (Å²) in [7, 11) is 0. The third kappa shape index (κ3) is 7.03. The average molecular weight is 455 g/mol. The predicted molar refractivity (Wildman–Crippen MR) is 134 cm³/mol. The van der Waals surface area contributed by atoms with Gasteiger partial charge in [-0.1, -0.05) is 48.5 Å². The summed E-state index contributed by atoms with van der Waals surface area (Å²) in [5.41, 5.74) is 1.43. The first-order valence-corrected chi connectivity index (χ1v) is 11.0. The number of nitrogens with one attached hydrogen (secondary N) is 2. The first kappa shape index (κ1) is 22.7. The van der Waals surface area contributed by atoms with Crippen molar-refractivity contribution in [1.82, 2.24) is 0 Å². The van der Waals surface area contributed by atoms with Crippen LogP contribution in [-0.4, -0.2) is 25.7 Å². The Kier molecular flexibility index (Phi) is 8.00. The van der Waals surface area contributed by atoms with Gasteiger partial charge in [-0.3, -0.25) is 4.79 Å². The molecule has 0 fully saturated rings. The molecule has 2 N–H and O–H groups in total. The number of ether oxygens (including phenoxy) is 3. The lowest BCUT2D eigenvalue weighted by Gasteiger charge is -2.13. The van der Waals surface area contributed by atoms with E-state index >= 15 is 0 Å². The molecule has 0 radical (unpaired) electrons. The van der Waals surface area contributed by atoms with Crippen molar-refractivity contribution >= 4 is 17.3 Å². The Bertz CT molecular complexity index is 1170. The summed E-state index contributed by atoms with van der Waals surface area (Å²) in [5.74, 6) is 2.70. The summed E-state index contributed by atoms with van der Waals surface area (Å²) in [6.45, 7) is 0.875. The van der Waals surface area contributed by atoms with E-state index in [4.69, 9.17) is 14.2 Å². The second kappa shape index (κ2) is 12.0. The molecule has 0 aliphatic carbocycles. The topological polar surface area (TPSA) is 68.8 Å². The van der Waals surface area contributed by atoms with Crippen LogP contribution in [0.25, 0.3) is 0 Å². The first-order valence-electron chi connectivity index (χ1n) is 11.0. The van der Waals surface area contributed by atoms with E-state index in [0.717, 1.165) is 22.9 Å². The van der Waals surface area contributed by atoms with Crippen molar-refractivity contribution in [1.29, 1.82) is 0 Å². The van der Waals surface area contributed by atoms with Crippen LogP contribution in [0.4, 0.5) is 11.4 Å². The van der Waals surface area contributed by atoms with Crippen LogP contribution in [0, 0.1) is 0 Å². The Balaban J connectivity index is 1.23. The summed E-state index contributed by atoms with van der Waals surface area (Å²) in [6.07, 6.45) is 0. The van der Waals surface area contributed by atoms with E-state index in [9.17, 15) is 4.79 Å². The van der Waals surface area contributed by atoms with Gasteiger partial charge in [0, 0.05) is 5.69 Å². The van der Waals surface area contributed by atoms with E-state index in [1.807, 2.05) is 103 Å². The third-order valence-electron chi connectivity index (χ3n) is 4.80. The molecule has 0 saturated carbocycles. The van der Waals surface area contributed by atoms with Gasteiger partial charge in [-0.05, 0) is 60.7 Å². The van der Waals surface area contributed by atoms with Crippen molar-refractivity contribution in [2.75, 3.05) is 30.4 Å². The zero-order chi connectivity index (χ0) is 23.4. The second-order valence-electron chi connectivity index (χ2n) is 7.35. The van der Waals surface area contributed by atoms with Gasteiger partial charge in [0.15, 0.2) is 0 Å². The largest absolute Gasteiger partial charge is 0.490 e. The average Bonchev–Trinajstić information content (AvgIpc) is 2.88. The van der Waals surface area contributed by atoms with Crippen LogP contribution >= 0.6 is 0 Å². The van der Waals surface area contributed by atoms with Gasteiger partial charge in [0.2, 0.25) is 5.91 Å². The highest BCUT2D eigenvalue weighted by Gasteiger charge is 2.08. The number of amides is 1. The number of para-hydroxylation sites is 4. The smallest absolute Gasteiger partial charge is 0.243 e. The zero-order valence-corrected chi connectivity index (χ0v) is 18.6. The molecule has 4 aromatic rings. The van der Waals surface area contributed by atoms with Crippen LogP contribution in [0.1, 0.15) is 0 Å². The fourth-order valence-corrected chi connectivity index (χ4v) is 3.17. The number of hydrogen-bond acceptors (Lipinski definition) is 5. The highest BCUT2D eigenvalue weighted by atomic mass is 16.5. The van der Waals surface area contributed by atoms with E-state index in [2.05, 4.69) is 10.6 Å². The van der Waals surface area contributed by atoms with Crippen molar-refractivity contribution in [3.8, 4) is 23.0 Å². The lowest BCUT2D eigenvalue weighted by Crippen LogP contribution is -2.22. The zero-order valence-electron chi connectivity index (χ0n) is 18.6. The van der Waals surface area contributed by atoms with Crippen molar-refractivity contribution in [3.63, 3.8) is 0 Å². The van der Waals surface area contributed by atoms with Crippen LogP contribution in [0.3, 0.4) is 0 Å².